The lowest BCUT2D eigenvalue weighted by Crippen LogP contribution is -2.27. The highest BCUT2D eigenvalue weighted by Gasteiger charge is 2.13. The first-order valence-electron chi connectivity index (χ1n) is 19.8. The predicted molar refractivity (Wildman–Crippen MR) is 191 cm³/mol. The second-order valence-corrected chi connectivity index (χ2v) is 13.4. The van der Waals surface area contributed by atoms with Crippen LogP contribution in [-0.2, 0) is 14.3 Å². The number of ether oxygens (including phenoxy) is 2. The standard InChI is InChI=1S/C40H78O4/c1-3-5-7-9-11-13-15-17-18-19-20-21-22-23-24-26-28-30-32-34-36-43-38-39(37-41)44-40(42)35-33-31-29-27-25-16-14-12-10-8-6-4-2/h17-18,39,41H,3-16,19-38H2,1-2H3/b18-17-. The summed E-state index contributed by atoms with van der Waals surface area (Å²) in [5.74, 6) is -0.199. The van der Waals surface area contributed by atoms with Crippen LogP contribution >= 0.6 is 0 Å². The van der Waals surface area contributed by atoms with Gasteiger partial charge >= 0.3 is 5.97 Å². The summed E-state index contributed by atoms with van der Waals surface area (Å²) < 4.78 is 11.1. The van der Waals surface area contributed by atoms with E-state index < -0.39 is 6.10 Å². The maximum Gasteiger partial charge on any atom is 0.306 e. The SMILES string of the molecule is CCCCCCCC/C=C\CCCCCCCCCCCCOCC(CO)OC(=O)CCCCCCCCCCCCCC. The molecule has 1 N–H and O–H groups in total. The van der Waals surface area contributed by atoms with E-state index in [-0.39, 0.29) is 12.6 Å². The number of hydrogen-bond acceptors (Lipinski definition) is 4. The number of allylic oxidation sites excluding steroid dienone is 2. The van der Waals surface area contributed by atoms with Crippen LogP contribution in [0, 0.1) is 0 Å². The number of carbonyl (C=O) groups excluding carboxylic acids is 1. The lowest BCUT2D eigenvalue weighted by molar-refractivity contribution is -0.154. The van der Waals surface area contributed by atoms with Crippen LogP contribution in [-0.4, -0.2) is 37.0 Å². The van der Waals surface area contributed by atoms with Crippen LogP contribution in [0.2, 0.25) is 0 Å². The summed E-state index contributed by atoms with van der Waals surface area (Å²) in [5.41, 5.74) is 0. The number of esters is 1. The number of aliphatic hydroxyl groups excluding tert-OH is 1. The predicted octanol–water partition coefficient (Wildman–Crippen LogP) is 12.6. The Balaban J connectivity index is 3.38. The van der Waals surface area contributed by atoms with Crippen LogP contribution in [0.1, 0.15) is 213 Å². The molecule has 0 spiro atoms. The molecule has 4 heteroatoms. The van der Waals surface area contributed by atoms with E-state index in [1.807, 2.05) is 0 Å². The molecule has 0 aliphatic rings. The summed E-state index contributed by atoms with van der Waals surface area (Å²) >= 11 is 0. The second kappa shape index (κ2) is 38.3. The largest absolute Gasteiger partial charge is 0.457 e. The lowest BCUT2D eigenvalue weighted by Gasteiger charge is -2.16. The summed E-state index contributed by atoms with van der Waals surface area (Å²) in [5, 5.41) is 9.56. The molecule has 0 bridgehead atoms. The zero-order valence-electron chi connectivity index (χ0n) is 29.9. The van der Waals surface area contributed by atoms with E-state index in [1.165, 1.54) is 173 Å². The van der Waals surface area contributed by atoms with Gasteiger partial charge in [-0.25, -0.2) is 0 Å². The molecule has 0 radical (unpaired) electrons. The zero-order chi connectivity index (χ0) is 32.0. The molecule has 1 atom stereocenters. The second-order valence-electron chi connectivity index (χ2n) is 13.4. The van der Waals surface area contributed by atoms with Crippen LogP contribution < -0.4 is 0 Å². The minimum absolute atomic E-state index is 0.167. The average molecular weight is 623 g/mol. The molecule has 0 aliphatic heterocycles. The third kappa shape index (κ3) is 35.6. The van der Waals surface area contributed by atoms with Crippen molar-refractivity contribution in [2.24, 2.45) is 0 Å². The van der Waals surface area contributed by atoms with Gasteiger partial charge in [0.2, 0.25) is 0 Å². The number of hydrogen-bond donors (Lipinski definition) is 1. The Morgan fingerprint density at radius 2 is 0.886 bits per heavy atom. The minimum atomic E-state index is -0.527. The molecule has 4 nitrogen and oxygen atoms in total. The molecular formula is C40H78O4. The molecule has 0 heterocycles. The first kappa shape index (κ1) is 43.1. The number of aliphatic hydroxyl groups is 1. The maximum absolute atomic E-state index is 12.1. The van der Waals surface area contributed by atoms with E-state index in [9.17, 15) is 9.90 Å². The zero-order valence-corrected chi connectivity index (χ0v) is 29.9. The minimum Gasteiger partial charge on any atom is -0.457 e. The van der Waals surface area contributed by atoms with Crippen LogP contribution in [0.15, 0.2) is 12.2 Å². The molecule has 0 aromatic heterocycles. The molecule has 1 unspecified atom stereocenters. The van der Waals surface area contributed by atoms with E-state index in [2.05, 4.69) is 26.0 Å². The summed E-state index contributed by atoms with van der Waals surface area (Å²) in [6.07, 6.45) is 44.0. The van der Waals surface area contributed by atoms with E-state index in [0.717, 1.165) is 19.3 Å². The molecule has 0 aromatic rings. The maximum atomic E-state index is 12.1. The fraction of sp³-hybridized carbons (Fsp3) is 0.925. The van der Waals surface area contributed by atoms with E-state index in [1.54, 1.807) is 0 Å². The van der Waals surface area contributed by atoms with Crippen molar-refractivity contribution < 1.29 is 19.4 Å². The Labute approximate surface area is 275 Å². The molecular weight excluding hydrogens is 544 g/mol. The van der Waals surface area contributed by atoms with E-state index >= 15 is 0 Å². The van der Waals surface area contributed by atoms with Crippen LogP contribution in [0.5, 0.6) is 0 Å². The molecule has 0 aromatic carbocycles. The molecule has 0 aliphatic carbocycles. The number of rotatable bonds is 37. The lowest BCUT2D eigenvalue weighted by atomic mass is 10.0. The fourth-order valence-corrected chi connectivity index (χ4v) is 5.85. The Morgan fingerprint density at radius 1 is 0.523 bits per heavy atom. The van der Waals surface area contributed by atoms with Crippen LogP contribution in [0.25, 0.3) is 0 Å². The Bertz CT molecular complexity index is 576. The Kier molecular flexibility index (Phi) is 37.6. The van der Waals surface area contributed by atoms with Crippen molar-refractivity contribution in [3.63, 3.8) is 0 Å². The highest BCUT2D eigenvalue weighted by atomic mass is 16.6. The third-order valence-electron chi connectivity index (χ3n) is 8.84. The van der Waals surface area contributed by atoms with Gasteiger partial charge in [0.25, 0.3) is 0 Å². The molecule has 0 amide bonds. The van der Waals surface area contributed by atoms with Gasteiger partial charge in [0, 0.05) is 13.0 Å². The van der Waals surface area contributed by atoms with Crippen molar-refractivity contribution in [3.05, 3.63) is 12.2 Å². The summed E-state index contributed by atoms with van der Waals surface area (Å²) in [7, 11) is 0. The third-order valence-corrected chi connectivity index (χ3v) is 8.84. The van der Waals surface area contributed by atoms with Gasteiger partial charge < -0.3 is 14.6 Å². The molecule has 0 saturated carbocycles. The van der Waals surface area contributed by atoms with Gasteiger partial charge in [-0.05, 0) is 38.5 Å². The number of carbonyl (C=O) groups is 1. The van der Waals surface area contributed by atoms with Crippen LogP contribution in [0.3, 0.4) is 0 Å². The topological polar surface area (TPSA) is 55.8 Å². The fourth-order valence-electron chi connectivity index (χ4n) is 5.85. The molecule has 0 saturated heterocycles. The smallest absolute Gasteiger partial charge is 0.306 e. The Morgan fingerprint density at radius 3 is 1.30 bits per heavy atom. The highest BCUT2D eigenvalue weighted by molar-refractivity contribution is 5.69. The monoisotopic (exact) mass is 623 g/mol. The molecule has 0 fully saturated rings. The van der Waals surface area contributed by atoms with Gasteiger partial charge in [-0.15, -0.1) is 0 Å². The van der Waals surface area contributed by atoms with Gasteiger partial charge in [-0.2, -0.15) is 0 Å². The van der Waals surface area contributed by atoms with Crippen molar-refractivity contribution in [2.45, 2.75) is 219 Å². The van der Waals surface area contributed by atoms with Crippen molar-refractivity contribution in [1.29, 1.82) is 0 Å². The summed E-state index contributed by atoms with van der Waals surface area (Å²) in [4.78, 5) is 12.1. The van der Waals surface area contributed by atoms with Crippen molar-refractivity contribution in [3.8, 4) is 0 Å². The number of unbranched alkanes of at least 4 members (excludes halogenated alkanes) is 27. The first-order chi connectivity index (χ1) is 21.7. The molecule has 262 valence electrons. The van der Waals surface area contributed by atoms with Gasteiger partial charge in [0.05, 0.1) is 13.2 Å². The molecule has 0 rings (SSSR count). The average Bonchev–Trinajstić information content (AvgIpc) is 3.03. The normalized spacial score (nSPS) is 12.3. The van der Waals surface area contributed by atoms with Gasteiger partial charge in [-0.3, -0.25) is 4.79 Å². The van der Waals surface area contributed by atoms with Crippen molar-refractivity contribution >= 4 is 5.97 Å². The first-order valence-corrected chi connectivity index (χ1v) is 19.8. The van der Waals surface area contributed by atoms with E-state index in [4.69, 9.17) is 9.47 Å². The van der Waals surface area contributed by atoms with Gasteiger partial charge in [-0.1, -0.05) is 180 Å². The molecule has 44 heavy (non-hydrogen) atoms. The summed E-state index contributed by atoms with van der Waals surface area (Å²) in [6, 6.07) is 0. The quantitative estimate of drug-likeness (QED) is 0.0425. The highest BCUT2D eigenvalue weighted by Crippen LogP contribution is 2.14. The van der Waals surface area contributed by atoms with Gasteiger partial charge in [0.1, 0.15) is 6.10 Å². The van der Waals surface area contributed by atoms with Crippen molar-refractivity contribution in [2.75, 3.05) is 19.8 Å². The van der Waals surface area contributed by atoms with Crippen LogP contribution in [0.4, 0.5) is 0 Å². The summed E-state index contributed by atoms with van der Waals surface area (Å²) in [6.45, 7) is 5.36. The van der Waals surface area contributed by atoms with Gasteiger partial charge in [0.15, 0.2) is 0 Å². The Hall–Kier alpha value is -0.870. The van der Waals surface area contributed by atoms with Crippen molar-refractivity contribution in [1.82, 2.24) is 0 Å². The van der Waals surface area contributed by atoms with E-state index in [0.29, 0.717) is 19.6 Å².